The van der Waals surface area contributed by atoms with Gasteiger partial charge in [0, 0.05) is 22.9 Å². The molecule has 1 heterocycles. The van der Waals surface area contributed by atoms with Crippen LogP contribution >= 0.6 is 23.4 Å². The third-order valence-electron chi connectivity index (χ3n) is 3.63. The average molecular weight is 345 g/mol. The third-order valence-corrected chi connectivity index (χ3v) is 4.96. The Balaban J connectivity index is 1.66. The molecule has 0 fully saturated rings. The zero-order valence-electron chi connectivity index (χ0n) is 12.8. The fourth-order valence-corrected chi connectivity index (χ4v) is 3.45. The topological polar surface area (TPSA) is 32.7 Å². The fourth-order valence-electron chi connectivity index (χ4n) is 2.32. The van der Waals surface area contributed by atoms with Crippen LogP contribution in [0.15, 0.2) is 53.5 Å². The van der Waals surface area contributed by atoms with Crippen molar-refractivity contribution in [2.45, 2.75) is 12.7 Å². The Morgan fingerprint density at radius 3 is 2.57 bits per heavy atom. The highest BCUT2D eigenvalue weighted by atomic mass is 35.5. The Morgan fingerprint density at radius 2 is 1.87 bits per heavy atom. The summed E-state index contributed by atoms with van der Waals surface area (Å²) in [6.07, 6.45) is 0. The standard InChI is InChI=1S/C18H17ClN2OS/c1-13-2-4-14(5-3-13)12-23-18-20-10-11-21(18)17(22)15-6-8-16(19)9-7-15/h2-9H,10-12H2,1H3. The summed E-state index contributed by atoms with van der Waals surface area (Å²) in [4.78, 5) is 18.8. The number of thioether (sulfide) groups is 1. The lowest BCUT2D eigenvalue weighted by molar-refractivity contribution is 0.0860. The molecule has 23 heavy (non-hydrogen) atoms. The maximum Gasteiger partial charge on any atom is 0.259 e. The lowest BCUT2D eigenvalue weighted by Crippen LogP contribution is -2.32. The maximum absolute atomic E-state index is 12.6. The number of carbonyl (C=O) groups excluding carboxylic acids is 1. The van der Waals surface area contributed by atoms with Gasteiger partial charge in [0.15, 0.2) is 5.17 Å². The van der Waals surface area contributed by atoms with Gasteiger partial charge in [-0.3, -0.25) is 14.7 Å². The number of carbonyl (C=O) groups is 1. The van der Waals surface area contributed by atoms with Crippen LogP contribution < -0.4 is 0 Å². The molecule has 0 bridgehead atoms. The predicted octanol–water partition coefficient (Wildman–Crippen LogP) is 4.39. The molecule has 0 unspecified atom stereocenters. The van der Waals surface area contributed by atoms with E-state index in [4.69, 9.17) is 11.6 Å². The Bertz CT molecular complexity index is 726. The summed E-state index contributed by atoms with van der Waals surface area (Å²) in [5, 5.41) is 1.43. The van der Waals surface area contributed by atoms with Gasteiger partial charge in [0.05, 0.1) is 6.54 Å². The highest BCUT2D eigenvalue weighted by molar-refractivity contribution is 8.13. The molecule has 1 aliphatic rings. The van der Waals surface area contributed by atoms with E-state index in [2.05, 4.69) is 36.2 Å². The van der Waals surface area contributed by atoms with Crippen LogP contribution in [0.25, 0.3) is 0 Å². The number of hydrogen-bond acceptors (Lipinski definition) is 3. The fraction of sp³-hybridized carbons (Fsp3) is 0.222. The summed E-state index contributed by atoms with van der Waals surface area (Å²) < 4.78 is 0. The van der Waals surface area contributed by atoms with E-state index in [-0.39, 0.29) is 5.91 Å². The van der Waals surface area contributed by atoms with Gasteiger partial charge < -0.3 is 0 Å². The Hall–Kier alpha value is -1.78. The molecule has 0 N–H and O–H groups in total. The number of rotatable bonds is 3. The van der Waals surface area contributed by atoms with Gasteiger partial charge in [0.25, 0.3) is 5.91 Å². The monoisotopic (exact) mass is 344 g/mol. The minimum Gasteiger partial charge on any atom is -0.286 e. The van der Waals surface area contributed by atoms with Crippen molar-refractivity contribution in [2.24, 2.45) is 4.99 Å². The maximum atomic E-state index is 12.6. The minimum absolute atomic E-state index is 0.0191. The van der Waals surface area contributed by atoms with Gasteiger partial charge in [-0.05, 0) is 36.8 Å². The van der Waals surface area contributed by atoms with Crippen molar-refractivity contribution in [1.82, 2.24) is 4.90 Å². The number of amides is 1. The molecule has 0 aliphatic carbocycles. The molecule has 0 aromatic heterocycles. The summed E-state index contributed by atoms with van der Waals surface area (Å²) in [5.74, 6) is 0.790. The highest BCUT2D eigenvalue weighted by Gasteiger charge is 2.25. The van der Waals surface area contributed by atoms with Gasteiger partial charge in [0.2, 0.25) is 0 Å². The van der Waals surface area contributed by atoms with Crippen LogP contribution in [-0.2, 0) is 5.75 Å². The molecule has 0 radical (unpaired) electrons. The molecule has 0 spiro atoms. The van der Waals surface area contributed by atoms with Gasteiger partial charge in [-0.25, -0.2) is 0 Å². The Kier molecular flexibility index (Phi) is 5.03. The SMILES string of the molecule is Cc1ccc(CSC2=NCCN2C(=O)c2ccc(Cl)cc2)cc1. The molecule has 2 aromatic carbocycles. The van der Waals surface area contributed by atoms with E-state index >= 15 is 0 Å². The number of benzene rings is 2. The van der Waals surface area contributed by atoms with Crippen LogP contribution in [0.2, 0.25) is 5.02 Å². The second-order valence-corrected chi connectivity index (χ2v) is 6.78. The van der Waals surface area contributed by atoms with Crippen molar-refractivity contribution in [3.8, 4) is 0 Å². The molecule has 0 saturated carbocycles. The molecule has 1 amide bonds. The van der Waals surface area contributed by atoms with E-state index in [1.807, 2.05) is 0 Å². The first-order chi connectivity index (χ1) is 11.1. The zero-order chi connectivity index (χ0) is 16.2. The van der Waals surface area contributed by atoms with Crippen molar-refractivity contribution in [1.29, 1.82) is 0 Å². The second kappa shape index (κ2) is 7.20. The van der Waals surface area contributed by atoms with Crippen LogP contribution in [0.5, 0.6) is 0 Å². The van der Waals surface area contributed by atoms with Crippen LogP contribution in [0.3, 0.4) is 0 Å². The van der Waals surface area contributed by atoms with Gasteiger partial charge >= 0.3 is 0 Å². The molecule has 1 aliphatic heterocycles. The largest absolute Gasteiger partial charge is 0.286 e. The summed E-state index contributed by atoms with van der Waals surface area (Å²) in [7, 11) is 0. The van der Waals surface area contributed by atoms with Gasteiger partial charge in [-0.1, -0.05) is 53.2 Å². The number of amidine groups is 1. The van der Waals surface area contributed by atoms with Crippen molar-refractivity contribution >= 4 is 34.4 Å². The summed E-state index contributed by atoms with van der Waals surface area (Å²) >= 11 is 7.49. The molecule has 118 valence electrons. The number of aliphatic imine (C=N–C) groups is 1. The van der Waals surface area contributed by atoms with E-state index in [0.29, 0.717) is 23.7 Å². The lowest BCUT2D eigenvalue weighted by atomic mass is 10.2. The molecule has 3 rings (SSSR count). The number of halogens is 1. The van der Waals surface area contributed by atoms with Crippen LogP contribution in [0.1, 0.15) is 21.5 Å². The number of nitrogens with zero attached hydrogens (tertiary/aromatic N) is 2. The first-order valence-corrected chi connectivity index (χ1v) is 8.80. The predicted molar refractivity (Wildman–Crippen MR) is 97.3 cm³/mol. The van der Waals surface area contributed by atoms with E-state index in [1.165, 1.54) is 11.1 Å². The average Bonchev–Trinajstić information content (AvgIpc) is 3.03. The van der Waals surface area contributed by atoms with E-state index in [9.17, 15) is 4.79 Å². The third kappa shape index (κ3) is 3.95. The van der Waals surface area contributed by atoms with E-state index in [0.717, 1.165) is 10.9 Å². The normalized spacial score (nSPS) is 14.0. The first kappa shape index (κ1) is 16.1. The van der Waals surface area contributed by atoms with Crippen molar-refractivity contribution < 1.29 is 4.79 Å². The molecular weight excluding hydrogens is 328 g/mol. The molecule has 5 heteroatoms. The summed E-state index contributed by atoms with van der Waals surface area (Å²) in [6.45, 7) is 3.37. The van der Waals surface area contributed by atoms with Crippen LogP contribution in [0, 0.1) is 6.92 Å². The van der Waals surface area contributed by atoms with E-state index < -0.39 is 0 Å². The molecule has 2 aromatic rings. The van der Waals surface area contributed by atoms with Gasteiger partial charge in [0.1, 0.15) is 0 Å². The number of hydrogen-bond donors (Lipinski definition) is 0. The van der Waals surface area contributed by atoms with Gasteiger partial charge in [-0.15, -0.1) is 0 Å². The van der Waals surface area contributed by atoms with Crippen molar-refractivity contribution in [3.63, 3.8) is 0 Å². The molecule has 3 nitrogen and oxygen atoms in total. The smallest absolute Gasteiger partial charge is 0.259 e. The lowest BCUT2D eigenvalue weighted by Gasteiger charge is -2.18. The molecule has 0 saturated heterocycles. The second-order valence-electron chi connectivity index (χ2n) is 5.40. The summed E-state index contributed by atoms with van der Waals surface area (Å²) in [5.41, 5.74) is 3.12. The van der Waals surface area contributed by atoms with Crippen LogP contribution in [0.4, 0.5) is 0 Å². The van der Waals surface area contributed by atoms with Gasteiger partial charge in [-0.2, -0.15) is 0 Å². The van der Waals surface area contributed by atoms with Crippen molar-refractivity contribution in [2.75, 3.05) is 13.1 Å². The zero-order valence-corrected chi connectivity index (χ0v) is 14.4. The van der Waals surface area contributed by atoms with Crippen molar-refractivity contribution in [3.05, 3.63) is 70.2 Å². The number of aryl methyl sites for hydroxylation is 1. The molecule has 0 atom stereocenters. The Morgan fingerprint density at radius 1 is 1.17 bits per heavy atom. The first-order valence-electron chi connectivity index (χ1n) is 7.44. The highest BCUT2D eigenvalue weighted by Crippen LogP contribution is 2.22. The van der Waals surface area contributed by atoms with E-state index in [1.54, 1.807) is 40.9 Å². The Labute approximate surface area is 145 Å². The molecular formula is C18H17ClN2OS. The minimum atomic E-state index is -0.0191. The summed E-state index contributed by atoms with van der Waals surface area (Å²) in [6, 6.07) is 15.4. The quantitative estimate of drug-likeness (QED) is 0.827. The van der Waals surface area contributed by atoms with Crippen LogP contribution in [-0.4, -0.2) is 29.1 Å².